The maximum absolute atomic E-state index is 12.8. The summed E-state index contributed by atoms with van der Waals surface area (Å²) < 4.78 is 10.3. The van der Waals surface area contributed by atoms with Gasteiger partial charge in [0.05, 0.1) is 30.8 Å². The summed E-state index contributed by atoms with van der Waals surface area (Å²) in [6.07, 6.45) is 0. The standard InChI is InChI=1S/C18H18N2O3S2/c1-22-10-9-20(17(21)16-4-3-11-24-16)18-19-15(12-25-18)13-5-7-14(23-2)8-6-13/h3-8,11-12H,9-10H2,1-2H3. The predicted molar refractivity (Wildman–Crippen MR) is 102 cm³/mol. The van der Waals surface area contributed by atoms with Gasteiger partial charge in [0.25, 0.3) is 5.91 Å². The molecule has 25 heavy (non-hydrogen) atoms. The molecule has 1 amide bonds. The number of hydrogen-bond acceptors (Lipinski definition) is 6. The molecule has 0 atom stereocenters. The molecule has 0 aliphatic rings. The van der Waals surface area contributed by atoms with E-state index in [1.807, 2.05) is 47.2 Å². The third-order valence-electron chi connectivity index (χ3n) is 3.60. The quantitative estimate of drug-likeness (QED) is 0.623. The van der Waals surface area contributed by atoms with Gasteiger partial charge in [-0.2, -0.15) is 0 Å². The van der Waals surface area contributed by atoms with Gasteiger partial charge in [-0.25, -0.2) is 4.98 Å². The molecule has 0 saturated heterocycles. The van der Waals surface area contributed by atoms with Crippen molar-refractivity contribution in [2.45, 2.75) is 0 Å². The number of anilines is 1. The summed E-state index contributed by atoms with van der Waals surface area (Å²) in [6.45, 7) is 0.914. The zero-order chi connectivity index (χ0) is 17.6. The first-order valence-electron chi connectivity index (χ1n) is 7.67. The lowest BCUT2D eigenvalue weighted by Crippen LogP contribution is -2.33. The Bertz CT molecular complexity index is 813. The van der Waals surface area contributed by atoms with E-state index >= 15 is 0 Å². The number of methoxy groups -OCH3 is 2. The van der Waals surface area contributed by atoms with E-state index in [1.54, 1.807) is 19.1 Å². The molecule has 2 heterocycles. The van der Waals surface area contributed by atoms with Gasteiger partial charge < -0.3 is 9.47 Å². The minimum absolute atomic E-state index is 0.0531. The molecule has 0 unspecified atom stereocenters. The molecular weight excluding hydrogens is 356 g/mol. The van der Waals surface area contributed by atoms with Gasteiger partial charge in [0.15, 0.2) is 5.13 Å². The van der Waals surface area contributed by atoms with Crippen LogP contribution in [0, 0.1) is 0 Å². The van der Waals surface area contributed by atoms with E-state index in [1.165, 1.54) is 22.7 Å². The van der Waals surface area contributed by atoms with Crippen LogP contribution in [0.1, 0.15) is 9.67 Å². The molecule has 2 aromatic heterocycles. The smallest absolute Gasteiger partial charge is 0.270 e. The van der Waals surface area contributed by atoms with Crippen molar-refractivity contribution in [3.63, 3.8) is 0 Å². The molecule has 0 saturated carbocycles. The molecule has 0 radical (unpaired) electrons. The van der Waals surface area contributed by atoms with Crippen molar-refractivity contribution < 1.29 is 14.3 Å². The Labute approximate surface area is 154 Å². The minimum atomic E-state index is -0.0531. The third-order valence-corrected chi connectivity index (χ3v) is 5.33. The van der Waals surface area contributed by atoms with Gasteiger partial charge in [0, 0.05) is 18.1 Å². The summed E-state index contributed by atoms with van der Waals surface area (Å²) in [5, 5.41) is 4.52. The molecule has 0 bridgehead atoms. The van der Waals surface area contributed by atoms with Gasteiger partial charge in [-0.1, -0.05) is 6.07 Å². The van der Waals surface area contributed by atoms with Gasteiger partial charge in [0.2, 0.25) is 0 Å². The van der Waals surface area contributed by atoms with Crippen LogP contribution >= 0.6 is 22.7 Å². The number of rotatable bonds is 7. The number of ether oxygens (including phenoxy) is 2. The van der Waals surface area contributed by atoms with Crippen molar-refractivity contribution in [1.82, 2.24) is 4.98 Å². The molecule has 0 aliphatic carbocycles. The lowest BCUT2D eigenvalue weighted by molar-refractivity contribution is 0.0980. The first-order chi connectivity index (χ1) is 12.2. The van der Waals surface area contributed by atoms with Crippen LogP contribution in [-0.2, 0) is 4.74 Å². The van der Waals surface area contributed by atoms with Gasteiger partial charge in [0.1, 0.15) is 5.75 Å². The van der Waals surface area contributed by atoms with Crippen molar-refractivity contribution >= 4 is 33.7 Å². The number of thiophene rings is 1. The highest BCUT2D eigenvalue weighted by Crippen LogP contribution is 2.29. The van der Waals surface area contributed by atoms with Crippen LogP contribution < -0.4 is 9.64 Å². The van der Waals surface area contributed by atoms with E-state index in [-0.39, 0.29) is 5.91 Å². The zero-order valence-corrected chi connectivity index (χ0v) is 15.6. The fraction of sp³-hybridized carbons (Fsp3) is 0.222. The monoisotopic (exact) mass is 374 g/mol. The number of carbonyl (C=O) groups excluding carboxylic acids is 1. The molecule has 1 aromatic carbocycles. The fourth-order valence-corrected chi connectivity index (χ4v) is 3.81. The van der Waals surface area contributed by atoms with E-state index in [2.05, 4.69) is 4.98 Å². The van der Waals surface area contributed by atoms with Crippen LogP contribution in [0.2, 0.25) is 0 Å². The molecule has 3 aromatic rings. The number of amides is 1. The number of thiazole rings is 1. The minimum Gasteiger partial charge on any atom is -0.497 e. The highest BCUT2D eigenvalue weighted by Gasteiger charge is 2.21. The maximum Gasteiger partial charge on any atom is 0.270 e. The molecule has 130 valence electrons. The Hall–Kier alpha value is -2.22. The highest BCUT2D eigenvalue weighted by molar-refractivity contribution is 7.14. The average Bonchev–Trinajstić information content (AvgIpc) is 3.34. The molecule has 0 N–H and O–H groups in total. The molecule has 5 nitrogen and oxygen atoms in total. The molecular formula is C18H18N2O3S2. The van der Waals surface area contributed by atoms with E-state index in [0.717, 1.165) is 17.0 Å². The largest absolute Gasteiger partial charge is 0.497 e. The summed E-state index contributed by atoms with van der Waals surface area (Å²) in [5.41, 5.74) is 1.82. The van der Waals surface area contributed by atoms with Crippen LogP contribution in [0.3, 0.4) is 0 Å². The Morgan fingerprint density at radius 3 is 2.60 bits per heavy atom. The van der Waals surface area contributed by atoms with Crippen molar-refractivity contribution in [3.05, 3.63) is 52.0 Å². The van der Waals surface area contributed by atoms with Gasteiger partial charge >= 0.3 is 0 Å². The SMILES string of the molecule is COCCN(C(=O)c1cccs1)c1nc(-c2ccc(OC)cc2)cs1. The van der Waals surface area contributed by atoms with Gasteiger partial charge in [-0.3, -0.25) is 9.69 Å². The Balaban J connectivity index is 1.86. The van der Waals surface area contributed by atoms with Crippen LogP contribution in [0.25, 0.3) is 11.3 Å². The molecule has 7 heteroatoms. The van der Waals surface area contributed by atoms with E-state index in [0.29, 0.717) is 23.2 Å². The third kappa shape index (κ3) is 4.07. The first kappa shape index (κ1) is 17.6. The average molecular weight is 374 g/mol. The maximum atomic E-state index is 12.8. The number of aromatic nitrogens is 1. The summed E-state index contributed by atoms with van der Waals surface area (Å²) in [7, 11) is 3.26. The van der Waals surface area contributed by atoms with Gasteiger partial charge in [-0.15, -0.1) is 22.7 Å². The number of hydrogen-bond donors (Lipinski definition) is 0. The molecule has 0 aliphatic heterocycles. The van der Waals surface area contributed by atoms with Crippen LogP contribution in [-0.4, -0.2) is 38.3 Å². The summed E-state index contributed by atoms with van der Waals surface area (Å²) in [6, 6.07) is 11.4. The lowest BCUT2D eigenvalue weighted by atomic mass is 10.2. The topological polar surface area (TPSA) is 51.7 Å². The van der Waals surface area contributed by atoms with Crippen LogP contribution in [0.15, 0.2) is 47.2 Å². The second-order valence-corrected chi connectivity index (χ2v) is 6.95. The van der Waals surface area contributed by atoms with E-state index < -0.39 is 0 Å². The Morgan fingerprint density at radius 2 is 1.96 bits per heavy atom. The van der Waals surface area contributed by atoms with Crippen LogP contribution in [0.5, 0.6) is 5.75 Å². The number of carbonyl (C=O) groups is 1. The lowest BCUT2D eigenvalue weighted by Gasteiger charge is -2.18. The van der Waals surface area contributed by atoms with Gasteiger partial charge in [-0.05, 0) is 35.7 Å². The second kappa shape index (κ2) is 8.24. The summed E-state index contributed by atoms with van der Waals surface area (Å²) in [5.74, 6) is 0.747. The molecule has 3 rings (SSSR count). The van der Waals surface area contributed by atoms with Crippen molar-refractivity contribution in [1.29, 1.82) is 0 Å². The number of benzene rings is 1. The first-order valence-corrected chi connectivity index (χ1v) is 9.43. The zero-order valence-electron chi connectivity index (χ0n) is 14.0. The molecule has 0 spiro atoms. The van der Waals surface area contributed by atoms with Crippen molar-refractivity contribution in [3.8, 4) is 17.0 Å². The van der Waals surface area contributed by atoms with Crippen molar-refractivity contribution in [2.24, 2.45) is 0 Å². The number of nitrogens with zero attached hydrogens (tertiary/aromatic N) is 2. The summed E-state index contributed by atoms with van der Waals surface area (Å²) >= 11 is 2.88. The second-order valence-electron chi connectivity index (χ2n) is 5.17. The Kier molecular flexibility index (Phi) is 5.80. The molecule has 0 fully saturated rings. The fourth-order valence-electron chi connectivity index (χ4n) is 2.28. The Morgan fingerprint density at radius 1 is 1.16 bits per heavy atom. The summed E-state index contributed by atoms with van der Waals surface area (Å²) in [4.78, 5) is 19.8. The van der Waals surface area contributed by atoms with Crippen molar-refractivity contribution in [2.75, 3.05) is 32.3 Å². The van der Waals surface area contributed by atoms with E-state index in [4.69, 9.17) is 9.47 Å². The normalized spacial score (nSPS) is 10.6. The van der Waals surface area contributed by atoms with Crippen LogP contribution in [0.4, 0.5) is 5.13 Å². The van der Waals surface area contributed by atoms with E-state index in [9.17, 15) is 4.79 Å². The highest BCUT2D eigenvalue weighted by atomic mass is 32.1. The predicted octanol–water partition coefficient (Wildman–Crippen LogP) is 4.17.